The van der Waals surface area contributed by atoms with Gasteiger partial charge in [0.2, 0.25) is 0 Å². The number of methoxy groups -OCH3 is 2. The molecular weight excluding hydrogens is 337 g/mol. The predicted molar refractivity (Wildman–Crippen MR) is 85.1 cm³/mol. The summed E-state index contributed by atoms with van der Waals surface area (Å²) in [6.45, 7) is -0.285. The van der Waals surface area contributed by atoms with Gasteiger partial charge in [-0.3, -0.25) is 4.79 Å². The molecule has 0 aliphatic heterocycles. The van der Waals surface area contributed by atoms with Gasteiger partial charge in [-0.05, 0) is 28.8 Å². The van der Waals surface area contributed by atoms with Crippen molar-refractivity contribution in [3.63, 3.8) is 0 Å². The van der Waals surface area contributed by atoms with Gasteiger partial charge in [0, 0.05) is 5.56 Å². The van der Waals surface area contributed by atoms with E-state index < -0.39 is 24.1 Å². The van der Waals surface area contributed by atoms with Crippen LogP contribution in [0.25, 0.3) is 11.1 Å². The Kier molecular flexibility index (Phi) is 5.69. The van der Waals surface area contributed by atoms with Crippen molar-refractivity contribution >= 4 is 5.97 Å². The number of ether oxygens (including phenoxy) is 2. The molecule has 0 heterocycles. The molecule has 4 nitrogen and oxygen atoms in total. The van der Waals surface area contributed by atoms with Crippen LogP contribution in [0.15, 0.2) is 36.4 Å². The first kappa shape index (κ1) is 18.8. The number of esters is 1. The Bertz CT molecular complexity index is 769. The van der Waals surface area contributed by atoms with Crippen molar-refractivity contribution in [2.24, 2.45) is 0 Å². The average molecular weight is 354 g/mol. The lowest BCUT2D eigenvalue weighted by atomic mass is 9.93. The van der Waals surface area contributed by atoms with Gasteiger partial charge in [0.1, 0.15) is 5.75 Å². The van der Waals surface area contributed by atoms with Crippen molar-refractivity contribution < 1.29 is 32.5 Å². The van der Waals surface area contributed by atoms with Gasteiger partial charge in [0.15, 0.2) is 0 Å². The Balaban J connectivity index is 2.72. The number of aliphatic hydroxyl groups is 1. The largest absolute Gasteiger partial charge is 0.496 e. The molecule has 2 rings (SSSR count). The number of benzene rings is 2. The molecule has 2 aromatic rings. The Morgan fingerprint density at radius 3 is 2.32 bits per heavy atom. The normalized spacial score (nSPS) is 11.3. The molecule has 0 amide bonds. The van der Waals surface area contributed by atoms with Crippen molar-refractivity contribution in [1.29, 1.82) is 0 Å². The van der Waals surface area contributed by atoms with Crippen LogP contribution in [0.5, 0.6) is 5.75 Å². The van der Waals surface area contributed by atoms with Gasteiger partial charge >= 0.3 is 12.1 Å². The summed E-state index contributed by atoms with van der Waals surface area (Å²) < 4.78 is 49.7. The number of carbonyl (C=O) groups excluding carboxylic acids is 1. The van der Waals surface area contributed by atoms with Gasteiger partial charge < -0.3 is 14.6 Å². The molecule has 0 aliphatic rings. The van der Waals surface area contributed by atoms with E-state index >= 15 is 0 Å². The van der Waals surface area contributed by atoms with Crippen LogP contribution in [-0.2, 0) is 28.7 Å². The van der Waals surface area contributed by atoms with Crippen LogP contribution in [-0.4, -0.2) is 25.3 Å². The number of hydrogen-bond acceptors (Lipinski definition) is 4. The summed E-state index contributed by atoms with van der Waals surface area (Å²) in [4.78, 5) is 11.5. The van der Waals surface area contributed by atoms with Crippen LogP contribution in [0.4, 0.5) is 13.2 Å². The quantitative estimate of drug-likeness (QED) is 0.834. The molecule has 0 radical (unpaired) electrons. The molecule has 0 unspecified atom stereocenters. The molecule has 0 bridgehead atoms. The Labute approximate surface area is 142 Å². The molecule has 134 valence electrons. The molecular formula is C18H17F3O4. The SMILES string of the molecule is COC(=O)Cc1cc(-c2ccccc2CO)c(OC)cc1C(F)(F)F. The van der Waals surface area contributed by atoms with E-state index in [0.717, 1.165) is 13.2 Å². The third-order valence-corrected chi connectivity index (χ3v) is 3.77. The van der Waals surface area contributed by atoms with Gasteiger partial charge in [-0.15, -0.1) is 0 Å². The summed E-state index contributed by atoms with van der Waals surface area (Å²) in [5.74, 6) is -0.779. The zero-order valence-electron chi connectivity index (χ0n) is 13.7. The van der Waals surface area contributed by atoms with E-state index in [9.17, 15) is 23.1 Å². The van der Waals surface area contributed by atoms with Gasteiger partial charge in [0.25, 0.3) is 0 Å². The second kappa shape index (κ2) is 7.57. The average Bonchev–Trinajstić information content (AvgIpc) is 2.60. The maximum atomic E-state index is 13.4. The summed E-state index contributed by atoms with van der Waals surface area (Å²) in [6, 6.07) is 8.85. The van der Waals surface area contributed by atoms with Crippen molar-refractivity contribution in [3.8, 4) is 16.9 Å². The second-order valence-corrected chi connectivity index (χ2v) is 5.28. The topological polar surface area (TPSA) is 55.8 Å². The fraction of sp³-hybridized carbons (Fsp3) is 0.278. The molecule has 0 spiro atoms. The lowest BCUT2D eigenvalue weighted by Gasteiger charge is -2.18. The molecule has 25 heavy (non-hydrogen) atoms. The highest BCUT2D eigenvalue weighted by Crippen LogP contribution is 2.41. The molecule has 0 atom stereocenters. The number of halogens is 3. The first-order chi connectivity index (χ1) is 11.8. The smallest absolute Gasteiger partial charge is 0.416 e. The predicted octanol–water partition coefficient (Wildman–Crippen LogP) is 3.59. The standard InChI is InChI=1S/C18H17F3O4/c1-24-16-9-15(18(19,20)21)12(8-17(23)25-2)7-14(16)13-6-4-3-5-11(13)10-22/h3-7,9,22H,8,10H2,1-2H3. The first-order valence-electron chi connectivity index (χ1n) is 7.35. The summed E-state index contributed by atoms with van der Waals surface area (Å²) in [5, 5.41) is 9.49. The summed E-state index contributed by atoms with van der Waals surface area (Å²) in [6.07, 6.45) is -5.17. The highest BCUT2D eigenvalue weighted by atomic mass is 19.4. The van der Waals surface area contributed by atoms with E-state index in [2.05, 4.69) is 4.74 Å². The number of rotatable bonds is 5. The van der Waals surface area contributed by atoms with E-state index in [0.29, 0.717) is 16.7 Å². The minimum Gasteiger partial charge on any atom is -0.496 e. The minimum absolute atomic E-state index is 0.00170. The fourth-order valence-electron chi connectivity index (χ4n) is 2.56. The summed E-state index contributed by atoms with van der Waals surface area (Å²) in [5.41, 5.74) is 0.244. The van der Waals surface area contributed by atoms with E-state index in [4.69, 9.17) is 4.74 Å². The Morgan fingerprint density at radius 2 is 1.76 bits per heavy atom. The van der Waals surface area contributed by atoms with Crippen LogP contribution in [0.3, 0.4) is 0 Å². The zero-order chi connectivity index (χ0) is 18.6. The zero-order valence-corrected chi connectivity index (χ0v) is 13.7. The van der Waals surface area contributed by atoms with Crippen LogP contribution in [0.1, 0.15) is 16.7 Å². The van der Waals surface area contributed by atoms with Gasteiger partial charge in [-0.1, -0.05) is 24.3 Å². The number of alkyl halides is 3. The van der Waals surface area contributed by atoms with E-state index in [1.165, 1.54) is 13.2 Å². The van der Waals surface area contributed by atoms with Gasteiger partial charge in [0.05, 0.1) is 32.8 Å². The number of aliphatic hydroxyl groups excluding tert-OH is 1. The van der Waals surface area contributed by atoms with Crippen LogP contribution in [0.2, 0.25) is 0 Å². The minimum atomic E-state index is -4.65. The van der Waals surface area contributed by atoms with E-state index in [1.54, 1.807) is 24.3 Å². The van der Waals surface area contributed by atoms with E-state index in [1.807, 2.05) is 0 Å². The lowest BCUT2D eigenvalue weighted by Crippen LogP contribution is -2.14. The number of hydrogen-bond donors (Lipinski definition) is 1. The van der Waals surface area contributed by atoms with Crippen LogP contribution >= 0.6 is 0 Å². The Hall–Kier alpha value is -2.54. The molecule has 0 saturated heterocycles. The van der Waals surface area contributed by atoms with Crippen LogP contribution in [0, 0.1) is 0 Å². The van der Waals surface area contributed by atoms with Crippen molar-refractivity contribution in [1.82, 2.24) is 0 Å². The van der Waals surface area contributed by atoms with Gasteiger partial charge in [-0.2, -0.15) is 13.2 Å². The molecule has 0 saturated carbocycles. The molecule has 7 heteroatoms. The van der Waals surface area contributed by atoms with Crippen molar-refractivity contribution in [2.75, 3.05) is 14.2 Å². The highest BCUT2D eigenvalue weighted by Gasteiger charge is 2.35. The third kappa shape index (κ3) is 4.11. The fourth-order valence-corrected chi connectivity index (χ4v) is 2.56. The molecule has 1 N–H and O–H groups in total. The molecule has 0 aliphatic carbocycles. The monoisotopic (exact) mass is 354 g/mol. The van der Waals surface area contributed by atoms with Crippen molar-refractivity contribution in [2.45, 2.75) is 19.2 Å². The molecule has 2 aromatic carbocycles. The Morgan fingerprint density at radius 1 is 1.08 bits per heavy atom. The van der Waals surface area contributed by atoms with E-state index in [-0.39, 0.29) is 17.9 Å². The first-order valence-corrected chi connectivity index (χ1v) is 7.35. The molecule has 0 fully saturated rings. The maximum absolute atomic E-state index is 13.4. The third-order valence-electron chi connectivity index (χ3n) is 3.77. The maximum Gasteiger partial charge on any atom is 0.416 e. The highest BCUT2D eigenvalue weighted by molar-refractivity contribution is 5.78. The number of carbonyl (C=O) groups is 1. The lowest BCUT2D eigenvalue weighted by molar-refractivity contribution is -0.141. The summed E-state index contributed by atoms with van der Waals surface area (Å²) >= 11 is 0. The molecule has 0 aromatic heterocycles. The van der Waals surface area contributed by atoms with Crippen molar-refractivity contribution in [3.05, 3.63) is 53.1 Å². The van der Waals surface area contributed by atoms with Gasteiger partial charge in [-0.25, -0.2) is 0 Å². The summed E-state index contributed by atoms with van der Waals surface area (Å²) in [7, 11) is 2.38. The second-order valence-electron chi connectivity index (χ2n) is 5.28. The van der Waals surface area contributed by atoms with Crippen LogP contribution < -0.4 is 4.74 Å².